The number of nitrogens with one attached hydrogen (secondary N) is 1. The second-order valence-corrected chi connectivity index (χ2v) is 4.05. The molecule has 1 aromatic carbocycles. The summed E-state index contributed by atoms with van der Waals surface area (Å²) in [6.07, 6.45) is 6.62. The van der Waals surface area contributed by atoms with Gasteiger partial charge in [0.05, 0.1) is 0 Å². The number of amides is 1. The van der Waals surface area contributed by atoms with E-state index in [1.165, 1.54) is 0 Å². The molecule has 0 fully saturated rings. The fraction of sp³-hybridized carbons (Fsp3) is 0.308. The van der Waals surface area contributed by atoms with Crippen LogP contribution in [0.5, 0.6) is 0 Å². The fourth-order valence-corrected chi connectivity index (χ4v) is 1.47. The summed E-state index contributed by atoms with van der Waals surface area (Å²) in [6, 6.07) is 7.13. The standard InChI is InChI=1S/C13H15NOS/c1-3-5-11(4-2)14-13(15)10-6-8-12(16)9-7-10/h1,6-9,11,16H,4-5H2,2H3,(H,14,15). The average molecular weight is 233 g/mol. The molecule has 1 N–H and O–H groups in total. The third-order valence-electron chi connectivity index (χ3n) is 2.32. The molecule has 0 radical (unpaired) electrons. The van der Waals surface area contributed by atoms with E-state index in [2.05, 4.69) is 23.9 Å². The van der Waals surface area contributed by atoms with Crippen molar-refractivity contribution in [2.24, 2.45) is 0 Å². The van der Waals surface area contributed by atoms with Gasteiger partial charge in [-0.1, -0.05) is 6.92 Å². The summed E-state index contributed by atoms with van der Waals surface area (Å²) in [5, 5.41) is 2.90. The number of rotatable bonds is 4. The highest BCUT2D eigenvalue weighted by molar-refractivity contribution is 7.80. The van der Waals surface area contributed by atoms with Gasteiger partial charge in [0.25, 0.3) is 5.91 Å². The maximum absolute atomic E-state index is 11.8. The van der Waals surface area contributed by atoms with Gasteiger partial charge in [-0.05, 0) is 30.7 Å². The summed E-state index contributed by atoms with van der Waals surface area (Å²) < 4.78 is 0. The predicted octanol–water partition coefficient (Wildman–Crippen LogP) is 2.51. The smallest absolute Gasteiger partial charge is 0.251 e. The number of benzene rings is 1. The van der Waals surface area contributed by atoms with Gasteiger partial charge in [0.1, 0.15) is 0 Å². The molecular formula is C13H15NOS. The first-order valence-electron chi connectivity index (χ1n) is 5.20. The Labute approximate surface area is 102 Å². The van der Waals surface area contributed by atoms with Gasteiger partial charge in [-0.15, -0.1) is 25.0 Å². The molecule has 1 rings (SSSR count). The van der Waals surface area contributed by atoms with Crippen molar-refractivity contribution in [3.8, 4) is 12.3 Å². The minimum absolute atomic E-state index is 0.0492. The van der Waals surface area contributed by atoms with E-state index in [1.807, 2.05) is 6.92 Å². The van der Waals surface area contributed by atoms with E-state index in [4.69, 9.17) is 6.42 Å². The maximum atomic E-state index is 11.8. The van der Waals surface area contributed by atoms with Crippen LogP contribution in [0.2, 0.25) is 0 Å². The average Bonchev–Trinajstić information content (AvgIpc) is 2.29. The third kappa shape index (κ3) is 3.63. The maximum Gasteiger partial charge on any atom is 0.251 e. The number of hydrogen-bond donors (Lipinski definition) is 2. The lowest BCUT2D eigenvalue weighted by Crippen LogP contribution is -2.34. The van der Waals surface area contributed by atoms with Crippen molar-refractivity contribution < 1.29 is 4.79 Å². The molecule has 0 saturated carbocycles. The molecule has 0 aliphatic rings. The molecule has 16 heavy (non-hydrogen) atoms. The van der Waals surface area contributed by atoms with E-state index < -0.39 is 0 Å². The number of thiol groups is 1. The van der Waals surface area contributed by atoms with Crippen LogP contribution in [-0.4, -0.2) is 11.9 Å². The van der Waals surface area contributed by atoms with Crippen molar-refractivity contribution >= 4 is 18.5 Å². The number of hydrogen-bond acceptors (Lipinski definition) is 2. The minimum Gasteiger partial charge on any atom is -0.348 e. The van der Waals surface area contributed by atoms with E-state index in [1.54, 1.807) is 24.3 Å². The summed E-state index contributed by atoms with van der Waals surface area (Å²) in [4.78, 5) is 12.6. The van der Waals surface area contributed by atoms with Gasteiger partial charge in [-0.3, -0.25) is 4.79 Å². The van der Waals surface area contributed by atoms with Gasteiger partial charge in [0.15, 0.2) is 0 Å². The first-order valence-corrected chi connectivity index (χ1v) is 5.65. The molecule has 0 aliphatic heterocycles. The molecule has 1 unspecified atom stereocenters. The largest absolute Gasteiger partial charge is 0.348 e. The number of terminal acetylenes is 1. The third-order valence-corrected chi connectivity index (χ3v) is 2.62. The predicted molar refractivity (Wildman–Crippen MR) is 68.7 cm³/mol. The first-order chi connectivity index (χ1) is 7.67. The van der Waals surface area contributed by atoms with Crippen LogP contribution in [0.3, 0.4) is 0 Å². The van der Waals surface area contributed by atoms with Crippen molar-refractivity contribution in [3.05, 3.63) is 29.8 Å². The highest BCUT2D eigenvalue weighted by Crippen LogP contribution is 2.08. The van der Waals surface area contributed by atoms with Crippen molar-refractivity contribution in [2.45, 2.75) is 30.7 Å². The monoisotopic (exact) mass is 233 g/mol. The molecule has 0 bridgehead atoms. The summed E-state index contributed by atoms with van der Waals surface area (Å²) in [5.74, 6) is 2.47. The Morgan fingerprint density at radius 2 is 2.12 bits per heavy atom. The molecule has 1 atom stereocenters. The van der Waals surface area contributed by atoms with Crippen LogP contribution >= 0.6 is 12.6 Å². The van der Waals surface area contributed by atoms with E-state index in [0.29, 0.717) is 12.0 Å². The van der Waals surface area contributed by atoms with Crippen molar-refractivity contribution in [3.63, 3.8) is 0 Å². The van der Waals surface area contributed by atoms with Crippen molar-refractivity contribution in [2.75, 3.05) is 0 Å². The van der Waals surface area contributed by atoms with Gasteiger partial charge >= 0.3 is 0 Å². The molecule has 1 amide bonds. The van der Waals surface area contributed by atoms with Crippen LogP contribution in [0.1, 0.15) is 30.1 Å². The van der Waals surface area contributed by atoms with Gasteiger partial charge in [-0.2, -0.15) is 0 Å². The molecule has 0 spiro atoms. The molecule has 3 heteroatoms. The molecular weight excluding hydrogens is 218 g/mol. The molecule has 0 heterocycles. The zero-order valence-corrected chi connectivity index (χ0v) is 10.1. The summed E-state index contributed by atoms with van der Waals surface area (Å²) in [5.41, 5.74) is 0.633. The van der Waals surface area contributed by atoms with Crippen LogP contribution in [0, 0.1) is 12.3 Å². The second kappa shape index (κ2) is 6.24. The lowest BCUT2D eigenvalue weighted by molar-refractivity contribution is 0.0936. The van der Waals surface area contributed by atoms with E-state index in [9.17, 15) is 4.79 Å². The Morgan fingerprint density at radius 1 is 1.50 bits per heavy atom. The Morgan fingerprint density at radius 3 is 2.62 bits per heavy atom. The summed E-state index contributed by atoms with van der Waals surface area (Å²) >= 11 is 4.16. The van der Waals surface area contributed by atoms with E-state index >= 15 is 0 Å². The minimum atomic E-state index is -0.0876. The lowest BCUT2D eigenvalue weighted by atomic mass is 10.1. The van der Waals surface area contributed by atoms with Gasteiger partial charge < -0.3 is 5.32 Å². The zero-order chi connectivity index (χ0) is 12.0. The van der Waals surface area contributed by atoms with Crippen LogP contribution in [0.4, 0.5) is 0 Å². The lowest BCUT2D eigenvalue weighted by Gasteiger charge is -2.14. The SMILES string of the molecule is C#CCC(CC)NC(=O)c1ccc(S)cc1. The molecule has 0 aliphatic carbocycles. The topological polar surface area (TPSA) is 29.1 Å². The Balaban J connectivity index is 2.65. The zero-order valence-electron chi connectivity index (χ0n) is 9.23. The Hall–Kier alpha value is -1.40. The van der Waals surface area contributed by atoms with Crippen LogP contribution in [0.15, 0.2) is 29.2 Å². The quantitative estimate of drug-likeness (QED) is 0.607. The summed E-state index contributed by atoms with van der Waals surface area (Å²) in [6.45, 7) is 2.00. The van der Waals surface area contributed by atoms with Crippen molar-refractivity contribution in [1.29, 1.82) is 0 Å². The molecule has 2 nitrogen and oxygen atoms in total. The van der Waals surface area contributed by atoms with Gasteiger partial charge in [-0.25, -0.2) is 0 Å². The molecule has 84 valence electrons. The van der Waals surface area contributed by atoms with Crippen LogP contribution in [0.25, 0.3) is 0 Å². The van der Waals surface area contributed by atoms with Crippen LogP contribution < -0.4 is 5.32 Å². The Bertz CT molecular complexity index is 391. The van der Waals surface area contributed by atoms with Crippen molar-refractivity contribution in [1.82, 2.24) is 5.32 Å². The van der Waals surface area contributed by atoms with E-state index in [0.717, 1.165) is 11.3 Å². The molecule has 0 aromatic heterocycles. The van der Waals surface area contributed by atoms with E-state index in [-0.39, 0.29) is 11.9 Å². The van der Waals surface area contributed by atoms with Crippen LogP contribution in [-0.2, 0) is 0 Å². The highest BCUT2D eigenvalue weighted by atomic mass is 32.1. The second-order valence-electron chi connectivity index (χ2n) is 3.53. The molecule has 1 aromatic rings. The highest BCUT2D eigenvalue weighted by Gasteiger charge is 2.10. The van der Waals surface area contributed by atoms with Gasteiger partial charge in [0, 0.05) is 22.9 Å². The normalized spacial score (nSPS) is 11.6. The van der Waals surface area contributed by atoms with Gasteiger partial charge in [0.2, 0.25) is 0 Å². The Kier molecular flexibility index (Phi) is 4.94. The number of carbonyl (C=O) groups is 1. The summed E-state index contributed by atoms with van der Waals surface area (Å²) in [7, 11) is 0. The fourth-order valence-electron chi connectivity index (χ4n) is 1.32. The first kappa shape index (κ1) is 12.7. The number of carbonyl (C=O) groups excluding carboxylic acids is 1. The molecule has 0 saturated heterocycles.